The van der Waals surface area contributed by atoms with Crippen LogP contribution in [0.25, 0.3) is 0 Å². The number of likely N-dealkylation sites (tertiary alicyclic amines) is 1. The lowest BCUT2D eigenvalue weighted by molar-refractivity contribution is -0.147. The van der Waals surface area contributed by atoms with Gasteiger partial charge in [-0.1, -0.05) is 12.2 Å². The number of carbonyl (C=O) groups excluding carboxylic acids is 2. The van der Waals surface area contributed by atoms with Gasteiger partial charge >= 0.3 is 11.8 Å². The number of nitrogens with zero attached hydrogens (tertiary/aromatic N) is 1. The van der Waals surface area contributed by atoms with Gasteiger partial charge in [0.1, 0.15) is 0 Å². The van der Waals surface area contributed by atoms with E-state index in [1.54, 1.807) is 7.11 Å². The third kappa shape index (κ3) is 4.27. The first-order chi connectivity index (χ1) is 8.04. The molecule has 1 saturated heterocycles. The first-order valence-electron chi connectivity index (χ1n) is 5.42. The molecule has 1 rings (SSSR count). The number of thiocarbonyl (C=S) groups is 1. The molecule has 0 bridgehead atoms. The molecule has 17 heavy (non-hydrogen) atoms. The first-order valence-corrected chi connectivity index (χ1v) is 5.83. The summed E-state index contributed by atoms with van der Waals surface area (Å²) in [6.07, 6.45) is 1.69. The molecule has 1 aliphatic rings. The van der Waals surface area contributed by atoms with E-state index in [-0.39, 0.29) is 17.6 Å². The van der Waals surface area contributed by atoms with Gasteiger partial charge in [-0.2, -0.15) is 0 Å². The maximum absolute atomic E-state index is 11.7. The molecule has 1 fully saturated rings. The number of amides is 2. The zero-order chi connectivity index (χ0) is 12.8. The minimum atomic E-state index is -0.659. The summed E-state index contributed by atoms with van der Waals surface area (Å²) in [5.74, 6) is -1.19. The van der Waals surface area contributed by atoms with Gasteiger partial charge in [0.25, 0.3) is 0 Å². The molecule has 0 aromatic carbocycles. The van der Waals surface area contributed by atoms with Gasteiger partial charge in [-0.15, -0.1) is 0 Å². The summed E-state index contributed by atoms with van der Waals surface area (Å²) in [5.41, 5.74) is 5.23. The number of piperidine rings is 1. The zero-order valence-electron chi connectivity index (χ0n) is 9.77. The largest absolute Gasteiger partial charge is 0.392 e. The molecular formula is C10H17N3O3S. The topological polar surface area (TPSA) is 84.7 Å². The Hall–Kier alpha value is -1.21. The van der Waals surface area contributed by atoms with Crippen LogP contribution in [0.3, 0.4) is 0 Å². The predicted molar refractivity (Wildman–Crippen MR) is 66.4 cm³/mol. The van der Waals surface area contributed by atoms with E-state index in [0.717, 1.165) is 12.8 Å². The van der Waals surface area contributed by atoms with Crippen LogP contribution >= 0.6 is 12.2 Å². The smallest absolute Gasteiger partial charge is 0.311 e. The molecule has 1 aliphatic heterocycles. The zero-order valence-corrected chi connectivity index (χ0v) is 10.6. The van der Waals surface area contributed by atoms with Crippen molar-refractivity contribution in [2.75, 3.05) is 26.7 Å². The second kappa shape index (κ2) is 6.51. The molecule has 0 aromatic rings. The SMILES string of the molecule is COC1CCN(C(=O)C(=O)NCC(N)=S)CC1. The maximum atomic E-state index is 11.7. The highest BCUT2D eigenvalue weighted by atomic mass is 32.1. The van der Waals surface area contributed by atoms with Crippen LogP contribution in [0, 0.1) is 0 Å². The van der Waals surface area contributed by atoms with Crippen LogP contribution in [0.4, 0.5) is 0 Å². The van der Waals surface area contributed by atoms with Crippen LogP contribution in [0.2, 0.25) is 0 Å². The van der Waals surface area contributed by atoms with Gasteiger partial charge in [0.2, 0.25) is 0 Å². The summed E-state index contributed by atoms with van der Waals surface area (Å²) >= 11 is 4.61. The lowest BCUT2D eigenvalue weighted by Gasteiger charge is -2.30. The van der Waals surface area contributed by atoms with Crippen molar-refractivity contribution in [3.8, 4) is 0 Å². The Morgan fingerprint density at radius 1 is 1.47 bits per heavy atom. The third-order valence-electron chi connectivity index (χ3n) is 2.68. The minimum absolute atomic E-state index is 0.0500. The van der Waals surface area contributed by atoms with E-state index in [0.29, 0.717) is 13.1 Å². The van der Waals surface area contributed by atoms with Gasteiger partial charge in [-0.05, 0) is 12.8 Å². The monoisotopic (exact) mass is 259 g/mol. The summed E-state index contributed by atoms with van der Waals surface area (Å²) in [7, 11) is 1.65. The molecule has 0 unspecified atom stereocenters. The molecule has 0 aliphatic carbocycles. The van der Waals surface area contributed by atoms with Crippen LogP contribution in [-0.2, 0) is 14.3 Å². The molecule has 0 radical (unpaired) electrons. The Bertz CT molecular complexity index is 314. The highest BCUT2D eigenvalue weighted by molar-refractivity contribution is 7.80. The van der Waals surface area contributed by atoms with E-state index in [2.05, 4.69) is 17.5 Å². The van der Waals surface area contributed by atoms with Crippen LogP contribution in [0.5, 0.6) is 0 Å². The van der Waals surface area contributed by atoms with Gasteiger partial charge in [-0.3, -0.25) is 9.59 Å². The van der Waals surface area contributed by atoms with Crippen molar-refractivity contribution in [3.05, 3.63) is 0 Å². The van der Waals surface area contributed by atoms with Crippen molar-refractivity contribution in [2.45, 2.75) is 18.9 Å². The lowest BCUT2D eigenvalue weighted by atomic mass is 10.1. The molecule has 0 saturated carbocycles. The van der Waals surface area contributed by atoms with Gasteiger partial charge in [0.05, 0.1) is 17.6 Å². The molecule has 3 N–H and O–H groups in total. The number of hydrogen-bond acceptors (Lipinski definition) is 4. The lowest BCUT2D eigenvalue weighted by Crippen LogP contribution is -2.48. The van der Waals surface area contributed by atoms with E-state index in [4.69, 9.17) is 10.5 Å². The molecule has 0 spiro atoms. The fraction of sp³-hybridized carbons (Fsp3) is 0.700. The second-order valence-corrected chi connectivity index (χ2v) is 4.40. The molecular weight excluding hydrogens is 242 g/mol. The minimum Gasteiger partial charge on any atom is -0.392 e. The quantitative estimate of drug-likeness (QED) is 0.503. The van der Waals surface area contributed by atoms with E-state index >= 15 is 0 Å². The Labute approximate surface area is 105 Å². The summed E-state index contributed by atoms with van der Waals surface area (Å²) < 4.78 is 5.19. The normalized spacial score (nSPS) is 16.6. The molecule has 0 atom stereocenters. The number of nitrogens with two attached hydrogens (primary N) is 1. The fourth-order valence-corrected chi connectivity index (χ4v) is 1.75. The highest BCUT2D eigenvalue weighted by Gasteiger charge is 2.26. The number of ether oxygens (including phenoxy) is 1. The summed E-state index contributed by atoms with van der Waals surface area (Å²) in [4.78, 5) is 24.8. The first kappa shape index (κ1) is 13.9. The number of nitrogens with one attached hydrogen (secondary N) is 1. The molecule has 1 heterocycles. The van der Waals surface area contributed by atoms with Crippen molar-refractivity contribution < 1.29 is 14.3 Å². The molecule has 6 nitrogen and oxygen atoms in total. The Kier molecular flexibility index (Phi) is 5.30. The van der Waals surface area contributed by atoms with E-state index in [1.165, 1.54) is 4.90 Å². The van der Waals surface area contributed by atoms with Gasteiger partial charge < -0.3 is 20.7 Å². The van der Waals surface area contributed by atoms with Gasteiger partial charge in [0, 0.05) is 20.2 Å². The van der Waals surface area contributed by atoms with Crippen LogP contribution in [0.1, 0.15) is 12.8 Å². The molecule has 2 amide bonds. The summed E-state index contributed by atoms with van der Waals surface area (Å²) in [6.45, 7) is 1.13. The average Bonchev–Trinajstić information content (AvgIpc) is 2.35. The predicted octanol–water partition coefficient (Wildman–Crippen LogP) is -0.974. The van der Waals surface area contributed by atoms with Crippen molar-refractivity contribution in [1.29, 1.82) is 0 Å². The Morgan fingerprint density at radius 3 is 2.53 bits per heavy atom. The van der Waals surface area contributed by atoms with Crippen LogP contribution in [0.15, 0.2) is 0 Å². The van der Waals surface area contributed by atoms with E-state index in [9.17, 15) is 9.59 Å². The van der Waals surface area contributed by atoms with Gasteiger partial charge in [-0.25, -0.2) is 0 Å². The van der Waals surface area contributed by atoms with Crippen LogP contribution in [-0.4, -0.2) is 54.6 Å². The highest BCUT2D eigenvalue weighted by Crippen LogP contribution is 2.12. The number of methoxy groups -OCH3 is 1. The Balaban J connectivity index is 2.37. The van der Waals surface area contributed by atoms with Gasteiger partial charge in [0.15, 0.2) is 0 Å². The third-order valence-corrected chi connectivity index (χ3v) is 2.82. The summed E-state index contributed by atoms with van der Waals surface area (Å²) in [5, 5.41) is 2.38. The number of rotatable bonds is 3. The van der Waals surface area contributed by atoms with Crippen LogP contribution < -0.4 is 11.1 Å². The van der Waals surface area contributed by atoms with Crippen molar-refractivity contribution in [3.63, 3.8) is 0 Å². The number of hydrogen-bond donors (Lipinski definition) is 2. The van der Waals surface area contributed by atoms with Crippen molar-refractivity contribution in [1.82, 2.24) is 10.2 Å². The molecule has 0 aromatic heterocycles. The molecule has 7 heteroatoms. The standard InChI is InChI=1S/C10H17N3O3S/c1-16-7-2-4-13(5-3-7)10(15)9(14)12-6-8(11)17/h7H,2-6H2,1H3,(H2,11,17)(H,12,14). The molecule has 96 valence electrons. The van der Waals surface area contributed by atoms with Crippen molar-refractivity contribution in [2.24, 2.45) is 5.73 Å². The van der Waals surface area contributed by atoms with E-state index < -0.39 is 11.8 Å². The Morgan fingerprint density at radius 2 is 2.06 bits per heavy atom. The van der Waals surface area contributed by atoms with Crippen molar-refractivity contribution >= 4 is 29.0 Å². The summed E-state index contributed by atoms with van der Waals surface area (Å²) in [6, 6.07) is 0. The average molecular weight is 259 g/mol. The number of carbonyl (C=O) groups is 2. The second-order valence-electron chi connectivity index (χ2n) is 3.88. The fourth-order valence-electron chi connectivity index (χ4n) is 1.68. The van der Waals surface area contributed by atoms with E-state index in [1.807, 2.05) is 0 Å². The maximum Gasteiger partial charge on any atom is 0.311 e.